The maximum absolute atomic E-state index is 14.7. The lowest BCUT2D eigenvalue weighted by Gasteiger charge is -2.45. The standard InChI is InChI=1S/C41H45ClF3N3O5/c1-41(2,40(51)52)19-17-35(49)47-23-28-22-30(26-11-9-25(10-12-26)6-5-21-53-38-33(44)16-15-32(43)37(38)45)36(34(24-47)46-28)39(50)48(29-13-14-29)20-18-27-7-3-4-8-31(27)42/h3-4,7-12,15-16,28-29,34,46H,5-6,13-14,17-24H2,1-2H3,(H,51,52)/t28-,34-/m1/s1. The van der Waals surface area contributed by atoms with Crippen molar-refractivity contribution >= 4 is 35.0 Å². The van der Waals surface area contributed by atoms with Gasteiger partial charge in [0.2, 0.25) is 11.7 Å². The fourth-order valence-corrected chi connectivity index (χ4v) is 7.38. The smallest absolute Gasteiger partial charge is 0.309 e. The number of aryl methyl sites for hydroxylation is 1. The monoisotopic (exact) mass is 751 g/mol. The summed E-state index contributed by atoms with van der Waals surface area (Å²) >= 11 is 6.48. The molecule has 53 heavy (non-hydrogen) atoms. The third kappa shape index (κ3) is 9.07. The van der Waals surface area contributed by atoms with Gasteiger partial charge in [0, 0.05) is 48.7 Å². The maximum atomic E-state index is 14.7. The molecule has 2 aliphatic heterocycles. The molecule has 2 bridgehead atoms. The number of carbonyl (C=O) groups is 3. The van der Waals surface area contributed by atoms with Crippen LogP contribution in [0.1, 0.15) is 69.1 Å². The Labute approximate surface area is 312 Å². The number of amides is 2. The van der Waals surface area contributed by atoms with E-state index in [2.05, 4.69) is 5.32 Å². The Bertz CT molecular complexity index is 1880. The summed E-state index contributed by atoms with van der Waals surface area (Å²) in [4.78, 5) is 43.6. The lowest BCUT2D eigenvalue weighted by atomic mass is 9.82. The number of aliphatic carboxylic acids is 1. The number of halogens is 4. The van der Waals surface area contributed by atoms with Crippen LogP contribution < -0.4 is 10.1 Å². The number of fused-ring (bicyclic) bond motifs is 2. The Morgan fingerprint density at radius 1 is 0.981 bits per heavy atom. The van der Waals surface area contributed by atoms with Gasteiger partial charge in [-0.1, -0.05) is 54.1 Å². The summed E-state index contributed by atoms with van der Waals surface area (Å²) in [6.07, 6.45) is 4.24. The zero-order chi connectivity index (χ0) is 37.9. The fraction of sp³-hybridized carbons (Fsp3) is 0.439. The highest BCUT2D eigenvalue weighted by atomic mass is 35.5. The number of nitrogens with one attached hydrogen (secondary N) is 1. The van der Waals surface area contributed by atoms with Crippen molar-refractivity contribution in [3.63, 3.8) is 0 Å². The van der Waals surface area contributed by atoms with Gasteiger partial charge in [-0.05, 0) is 99.3 Å². The molecule has 1 saturated heterocycles. The molecule has 282 valence electrons. The maximum Gasteiger partial charge on any atom is 0.309 e. The normalized spacial score (nSPS) is 18.6. The van der Waals surface area contributed by atoms with Crippen LogP contribution in [0, 0.1) is 22.9 Å². The van der Waals surface area contributed by atoms with Gasteiger partial charge in [0.25, 0.3) is 5.91 Å². The van der Waals surface area contributed by atoms with E-state index in [-0.39, 0.29) is 43.3 Å². The van der Waals surface area contributed by atoms with Crippen LogP contribution in [0.3, 0.4) is 0 Å². The number of rotatable bonds is 15. The van der Waals surface area contributed by atoms with Crippen LogP contribution in [0.4, 0.5) is 13.2 Å². The largest absolute Gasteiger partial charge is 0.488 e. The van der Waals surface area contributed by atoms with Gasteiger partial charge in [-0.2, -0.15) is 4.39 Å². The summed E-state index contributed by atoms with van der Waals surface area (Å²) in [6, 6.07) is 16.7. The van der Waals surface area contributed by atoms with E-state index in [9.17, 15) is 32.7 Å². The number of ether oxygens (including phenoxy) is 1. The highest BCUT2D eigenvalue weighted by Crippen LogP contribution is 2.37. The fourth-order valence-electron chi connectivity index (χ4n) is 7.15. The first-order valence-corrected chi connectivity index (χ1v) is 18.6. The Morgan fingerprint density at radius 3 is 2.40 bits per heavy atom. The van der Waals surface area contributed by atoms with Crippen LogP contribution in [0.5, 0.6) is 5.75 Å². The number of nitrogens with zero attached hydrogens (tertiary/aromatic N) is 2. The van der Waals surface area contributed by atoms with Crippen LogP contribution in [-0.4, -0.2) is 77.1 Å². The second-order valence-corrected chi connectivity index (χ2v) is 15.3. The number of hydrogen-bond acceptors (Lipinski definition) is 5. The lowest BCUT2D eigenvalue weighted by molar-refractivity contribution is -0.148. The summed E-state index contributed by atoms with van der Waals surface area (Å²) in [7, 11) is 0. The first-order valence-electron chi connectivity index (χ1n) is 18.2. The average molecular weight is 752 g/mol. The van der Waals surface area contributed by atoms with Crippen molar-refractivity contribution in [2.75, 3.05) is 26.2 Å². The van der Waals surface area contributed by atoms with Gasteiger partial charge in [0.15, 0.2) is 17.4 Å². The molecule has 2 atom stereocenters. The Morgan fingerprint density at radius 2 is 1.70 bits per heavy atom. The molecule has 1 saturated carbocycles. The first kappa shape index (κ1) is 38.4. The quantitative estimate of drug-likeness (QED) is 0.126. The van der Waals surface area contributed by atoms with E-state index in [1.807, 2.05) is 53.4 Å². The van der Waals surface area contributed by atoms with Crippen molar-refractivity contribution in [2.24, 2.45) is 5.41 Å². The summed E-state index contributed by atoms with van der Waals surface area (Å²) in [5.74, 6) is -5.35. The molecule has 3 aliphatic rings. The summed E-state index contributed by atoms with van der Waals surface area (Å²) in [6.45, 7) is 4.45. The van der Waals surface area contributed by atoms with Crippen molar-refractivity contribution < 1.29 is 37.4 Å². The van der Waals surface area contributed by atoms with Crippen molar-refractivity contribution in [1.82, 2.24) is 15.1 Å². The minimum Gasteiger partial charge on any atom is -0.488 e. The van der Waals surface area contributed by atoms with E-state index in [0.717, 1.165) is 41.2 Å². The van der Waals surface area contributed by atoms with E-state index in [1.165, 1.54) is 0 Å². The molecule has 0 spiro atoms. The molecule has 12 heteroatoms. The van der Waals surface area contributed by atoms with E-state index < -0.39 is 40.6 Å². The molecular weight excluding hydrogens is 707 g/mol. The highest BCUT2D eigenvalue weighted by molar-refractivity contribution is 6.31. The number of carbonyl (C=O) groups excluding carboxylic acids is 2. The van der Waals surface area contributed by atoms with Crippen molar-refractivity contribution in [1.29, 1.82) is 0 Å². The van der Waals surface area contributed by atoms with Crippen molar-refractivity contribution in [3.8, 4) is 5.75 Å². The zero-order valence-electron chi connectivity index (χ0n) is 30.0. The van der Waals surface area contributed by atoms with E-state index in [0.29, 0.717) is 62.0 Å². The summed E-state index contributed by atoms with van der Waals surface area (Å²) < 4.78 is 46.7. The highest BCUT2D eigenvalue weighted by Gasteiger charge is 2.43. The van der Waals surface area contributed by atoms with Crippen molar-refractivity contribution in [2.45, 2.75) is 83.3 Å². The van der Waals surface area contributed by atoms with Crippen LogP contribution in [0.2, 0.25) is 5.02 Å². The SMILES string of the molecule is CC(C)(CCC(=O)N1C[C@H]2CC(c3ccc(CCCOc4c(F)ccc(F)c4F)cc3)=C(C(=O)N(CCc3ccccc3Cl)C3CC3)[C@@H](C1)N2)C(=O)O. The van der Waals surface area contributed by atoms with E-state index in [1.54, 1.807) is 18.7 Å². The predicted molar refractivity (Wildman–Crippen MR) is 196 cm³/mol. The molecule has 2 amide bonds. The molecule has 6 rings (SSSR count). The van der Waals surface area contributed by atoms with Gasteiger partial charge >= 0.3 is 5.97 Å². The lowest BCUT2D eigenvalue weighted by Crippen LogP contribution is -2.62. The van der Waals surface area contributed by atoms with E-state index in [4.69, 9.17) is 16.3 Å². The second-order valence-electron chi connectivity index (χ2n) is 14.9. The number of hydrogen-bond donors (Lipinski definition) is 2. The predicted octanol–water partition coefficient (Wildman–Crippen LogP) is 7.22. The van der Waals surface area contributed by atoms with Gasteiger partial charge in [-0.3, -0.25) is 14.4 Å². The molecule has 0 aromatic heterocycles. The zero-order valence-corrected chi connectivity index (χ0v) is 30.7. The molecule has 8 nitrogen and oxygen atoms in total. The number of benzene rings is 3. The molecule has 1 aliphatic carbocycles. The molecular formula is C41H45ClF3N3O5. The molecule has 0 unspecified atom stereocenters. The first-order chi connectivity index (χ1) is 25.3. The number of carboxylic acids is 1. The van der Waals surface area contributed by atoms with E-state index >= 15 is 0 Å². The Kier molecular flexibility index (Phi) is 11.8. The molecule has 0 radical (unpaired) electrons. The van der Waals surface area contributed by atoms with Gasteiger partial charge in [-0.15, -0.1) is 0 Å². The van der Waals surface area contributed by atoms with Gasteiger partial charge < -0.3 is 25.0 Å². The van der Waals surface area contributed by atoms with Crippen molar-refractivity contribution in [3.05, 3.63) is 105 Å². The average Bonchev–Trinajstić information content (AvgIpc) is 3.98. The molecule has 2 N–H and O–H groups in total. The second kappa shape index (κ2) is 16.3. The van der Waals surface area contributed by atoms with Gasteiger partial charge in [0.05, 0.1) is 18.1 Å². The van der Waals surface area contributed by atoms with Crippen LogP contribution in [-0.2, 0) is 27.2 Å². The Balaban J connectivity index is 1.22. The molecule has 3 aromatic carbocycles. The van der Waals surface area contributed by atoms with Crippen LogP contribution in [0.25, 0.3) is 5.57 Å². The topological polar surface area (TPSA) is 99.2 Å². The number of piperazine rings is 1. The summed E-state index contributed by atoms with van der Waals surface area (Å²) in [5.41, 5.74) is 3.36. The third-order valence-corrected chi connectivity index (χ3v) is 10.9. The minimum atomic E-state index is -1.35. The molecule has 2 fully saturated rings. The van der Waals surface area contributed by atoms with Gasteiger partial charge in [0.1, 0.15) is 0 Å². The Hall–Kier alpha value is -4.35. The third-order valence-electron chi connectivity index (χ3n) is 10.5. The molecule has 3 aromatic rings. The van der Waals surface area contributed by atoms with Crippen LogP contribution >= 0.6 is 11.6 Å². The number of carboxylic acid groups (broad SMARTS) is 1. The molecule has 2 heterocycles. The van der Waals surface area contributed by atoms with Gasteiger partial charge in [-0.25, -0.2) is 8.78 Å². The summed E-state index contributed by atoms with van der Waals surface area (Å²) in [5, 5.41) is 13.8. The minimum absolute atomic E-state index is 0.00784. The van der Waals surface area contributed by atoms with Crippen LogP contribution in [0.15, 0.2) is 66.2 Å².